The number of aryl methyl sites for hydroxylation is 1. The summed E-state index contributed by atoms with van der Waals surface area (Å²) in [7, 11) is 0. The number of para-hydroxylation sites is 1. The highest BCUT2D eigenvalue weighted by Crippen LogP contribution is 2.30. The fourth-order valence-electron chi connectivity index (χ4n) is 3.65. The zero-order valence-corrected chi connectivity index (χ0v) is 12.0. The normalized spacial score (nSPS) is 25.9. The van der Waals surface area contributed by atoms with Gasteiger partial charge in [-0.3, -0.25) is 0 Å². The molecule has 2 N–H and O–H groups in total. The van der Waals surface area contributed by atoms with Gasteiger partial charge in [-0.25, -0.2) is 0 Å². The zero-order chi connectivity index (χ0) is 13.1. The Balaban J connectivity index is 1.55. The average Bonchev–Trinajstić information content (AvgIpc) is 2.85. The molecule has 0 aromatic heterocycles. The van der Waals surface area contributed by atoms with Crippen molar-refractivity contribution in [3.8, 4) is 0 Å². The first kappa shape index (κ1) is 13.0. The molecule has 0 amide bonds. The zero-order valence-electron chi connectivity index (χ0n) is 12.0. The highest BCUT2D eigenvalue weighted by molar-refractivity contribution is 5.59. The minimum Gasteiger partial charge on any atom is -0.385 e. The first-order valence-corrected chi connectivity index (χ1v) is 7.88. The topological polar surface area (TPSA) is 24.1 Å². The van der Waals surface area contributed by atoms with Gasteiger partial charge in [0, 0.05) is 18.8 Å². The largest absolute Gasteiger partial charge is 0.385 e. The van der Waals surface area contributed by atoms with Crippen LogP contribution in [0.5, 0.6) is 0 Å². The first-order chi connectivity index (χ1) is 9.33. The van der Waals surface area contributed by atoms with Crippen molar-refractivity contribution in [1.29, 1.82) is 0 Å². The van der Waals surface area contributed by atoms with Crippen LogP contribution in [0.15, 0.2) is 18.2 Å². The van der Waals surface area contributed by atoms with Gasteiger partial charge in [0.2, 0.25) is 0 Å². The van der Waals surface area contributed by atoms with Crippen molar-refractivity contribution in [2.75, 3.05) is 18.4 Å². The maximum atomic E-state index is 3.67. The molecule has 1 aliphatic carbocycles. The average molecular weight is 258 g/mol. The molecule has 19 heavy (non-hydrogen) atoms. The molecular weight excluding hydrogens is 232 g/mol. The van der Waals surface area contributed by atoms with Crippen molar-refractivity contribution in [3.05, 3.63) is 29.3 Å². The van der Waals surface area contributed by atoms with E-state index in [2.05, 4.69) is 35.8 Å². The molecule has 1 aromatic carbocycles. The van der Waals surface area contributed by atoms with Gasteiger partial charge in [-0.2, -0.15) is 0 Å². The third-order valence-corrected chi connectivity index (χ3v) is 4.71. The molecule has 2 heteroatoms. The van der Waals surface area contributed by atoms with Gasteiger partial charge in [-0.1, -0.05) is 31.5 Å². The van der Waals surface area contributed by atoms with Crippen molar-refractivity contribution in [2.24, 2.45) is 11.8 Å². The number of hydrogen-bond acceptors (Lipinski definition) is 2. The molecule has 1 heterocycles. The number of rotatable bonds is 4. The van der Waals surface area contributed by atoms with Crippen LogP contribution in [-0.4, -0.2) is 13.1 Å². The maximum Gasteiger partial charge on any atom is 0.0418 e. The molecule has 1 saturated carbocycles. The number of nitrogens with one attached hydrogen (secondary N) is 2. The first-order valence-electron chi connectivity index (χ1n) is 7.88. The number of fused-ring (bicyclic) bond motifs is 1. The van der Waals surface area contributed by atoms with Gasteiger partial charge < -0.3 is 10.6 Å². The van der Waals surface area contributed by atoms with E-state index in [1.807, 2.05) is 0 Å². The van der Waals surface area contributed by atoms with E-state index in [4.69, 9.17) is 0 Å². The van der Waals surface area contributed by atoms with E-state index in [1.54, 1.807) is 0 Å². The lowest BCUT2D eigenvalue weighted by Gasteiger charge is -2.22. The summed E-state index contributed by atoms with van der Waals surface area (Å²) < 4.78 is 0. The summed E-state index contributed by atoms with van der Waals surface area (Å²) in [6.45, 7) is 5.72. The van der Waals surface area contributed by atoms with E-state index < -0.39 is 0 Å². The Labute approximate surface area is 117 Å². The Morgan fingerprint density at radius 1 is 1.32 bits per heavy atom. The second kappa shape index (κ2) is 5.96. The molecule has 2 aliphatic rings. The quantitative estimate of drug-likeness (QED) is 0.862. The summed E-state index contributed by atoms with van der Waals surface area (Å²) in [5.74, 6) is 1.85. The Morgan fingerprint density at radius 2 is 2.26 bits per heavy atom. The van der Waals surface area contributed by atoms with Crippen LogP contribution in [0.4, 0.5) is 5.69 Å². The molecular formula is C17H26N2. The van der Waals surface area contributed by atoms with E-state index in [9.17, 15) is 0 Å². The van der Waals surface area contributed by atoms with Crippen LogP contribution >= 0.6 is 0 Å². The van der Waals surface area contributed by atoms with Gasteiger partial charge in [-0.15, -0.1) is 0 Å². The SMILES string of the molecule is CC1CCC(CNCc2cccc3c2NCCC3)C1. The predicted octanol–water partition coefficient (Wildman–Crippen LogP) is 3.57. The van der Waals surface area contributed by atoms with Gasteiger partial charge >= 0.3 is 0 Å². The molecule has 104 valence electrons. The molecule has 3 rings (SSSR count). The van der Waals surface area contributed by atoms with Crippen LogP contribution in [0.2, 0.25) is 0 Å². The standard InChI is InChI=1S/C17H26N2/c1-13-7-8-14(10-13)11-18-12-16-5-2-4-15-6-3-9-19-17(15)16/h2,4-5,13-14,18-19H,3,6-12H2,1H3. The third-order valence-electron chi connectivity index (χ3n) is 4.71. The van der Waals surface area contributed by atoms with Crippen molar-refractivity contribution >= 4 is 5.69 Å². The summed E-state index contributed by atoms with van der Waals surface area (Å²) in [4.78, 5) is 0. The number of benzene rings is 1. The summed E-state index contributed by atoms with van der Waals surface area (Å²) >= 11 is 0. The Bertz CT molecular complexity index is 427. The third kappa shape index (κ3) is 3.11. The van der Waals surface area contributed by atoms with Crippen LogP contribution in [0.25, 0.3) is 0 Å². The van der Waals surface area contributed by atoms with Crippen molar-refractivity contribution < 1.29 is 0 Å². The predicted molar refractivity (Wildman–Crippen MR) is 81.5 cm³/mol. The van der Waals surface area contributed by atoms with Gasteiger partial charge in [-0.05, 0) is 55.2 Å². The highest BCUT2D eigenvalue weighted by Gasteiger charge is 2.20. The Hall–Kier alpha value is -1.02. The lowest BCUT2D eigenvalue weighted by Crippen LogP contribution is -2.22. The smallest absolute Gasteiger partial charge is 0.0418 e. The molecule has 1 fully saturated rings. The molecule has 2 unspecified atom stereocenters. The fourth-order valence-corrected chi connectivity index (χ4v) is 3.65. The summed E-state index contributed by atoms with van der Waals surface area (Å²) in [6, 6.07) is 6.74. The van der Waals surface area contributed by atoms with E-state index in [-0.39, 0.29) is 0 Å². The van der Waals surface area contributed by atoms with Crippen LogP contribution < -0.4 is 10.6 Å². The molecule has 0 spiro atoms. The minimum atomic E-state index is 0.905. The minimum absolute atomic E-state index is 0.905. The molecule has 2 atom stereocenters. The number of anilines is 1. The van der Waals surface area contributed by atoms with Gasteiger partial charge in [0.25, 0.3) is 0 Å². The molecule has 0 radical (unpaired) electrons. The van der Waals surface area contributed by atoms with Crippen LogP contribution in [0.1, 0.15) is 43.7 Å². The van der Waals surface area contributed by atoms with Crippen LogP contribution in [0, 0.1) is 11.8 Å². The van der Waals surface area contributed by atoms with Crippen molar-refractivity contribution in [3.63, 3.8) is 0 Å². The molecule has 0 bridgehead atoms. The molecule has 1 aromatic rings. The van der Waals surface area contributed by atoms with E-state index in [0.717, 1.165) is 24.9 Å². The van der Waals surface area contributed by atoms with Gasteiger partial charge in [0.1, 0.15) is 0 Å². The van der Waals surface area contributed by atoms with Crippen LogP contribution in [0.3, 0.4) is 0 Å². The van der Waals surface area contributed by atoms with Gasteiger partial charge in [0.15, 0.2) is 0 Å². The lowest BCUT2D eigenvalue weighted by atomic mass is 9.99. The second-order valence-electron chi connectivity index (χ2n) is 6.40. The monoisotopic (exact) mass is 258 g/mol. The van der Waals surface area contributed by atoms with Crippen molar-refractivity contribution in [1.82, 2.24) is 5.32 Å². The lowest BCUT2D eigenvalue weighted by molar-refractivity contribution is 0.470. The van der Waals surface area contributed by atoms with E-state index in [0.29, 0.717) is 0 Å². The molecule has 1 aliphatic heterocycles. The van der Waals surface area contributed by atoms with Crippen LogP contribution in [-0.2, 0) is 13.0 Å². The maximum absolute atomic E-state index is 3.67. The fraction of sp³-hybridized carbons (Fsp3) is 0.647. The van der Waals surface area contributed by atoms with Crippen molar-refractivity contribution in [2.45, 2.75) is 45.6 Å². The summed E-state index contributed by atoms with van der Waals surface area (Å²) in [6.07, 6.45) is 6.76. The summed E-state index contributed by atoms with van der Waals surface area (Å²) in [5.41, 5.74) is 4.35. The van der Waals surface area contributed by atoms with E-state index in [1.165, 1.54) is 55.5 Å². The van der Waals surface area contributed by atoms with Gasteiger partial charge in [0.05, 0.1) is 0 Å². The van der Waals surface area contributed by atoms with E-state index >= 15 is 0 Å². The Kier molecular flexibility index (Phi) is 4.07. The highest BCUT2D eigenvalue weighted by atomic mass is 14.9. The number of hydrogen-bond donors (Lipinski definition) is 2. The molecule has 0 saturated heterocycles. The summed E-state index contributed by atoms with van der Waals surface area (Å²) in [5, 5.41) is 7.25. The second-order valence-corrected chi connectivity index (χ2v) is 6.40. The Morgan fingerprint density at radius 3 is 3.11 bits per heavy atom. The molecule has 2 nitrogen and oxygen atoms in total.